The van der Waals surface area contributed by atoms with Gasteiger partial charge in [-0.25, -0.2) is 0 Å². The van der Waals surface area contributed by atoms with Gasteiger partial charge in [-0.15, -0.1) is 0 Å². The Kier molecular flexibility index (Phi) is 8.65. The van der Waals surface area contributed by atoms with E-state index in [2.05, 4.69) is 0 Å². The highest BCUT2D eigenvalue weighted by Crippen LogP contribution is 2.36. The molecular formula is C18H32O15. The Bertz CT molecular complexity index is 638. The molecule has 10 N–H and O–H groups in total. The lowest BCUT2D eigenvalue weighted by Crippen LogP contribution is -2.63. The van der Waals surface area contributed by atoms with E-state index in [-0.39, 0.29) is 0 Å². The quantitative estimate of drug-likeness (QED) is 0.160. The molecule has 0 radical (unpaired) electrons. The molecule has 0 aromatic heterocycles. The van der Waals surface area contributed by atoms with Crippen molar-refractivity contribution in [3.63, 3.8) is 0 Å². The van der Waals surface area contributed by atoms with Crippen molar-refractivity contribution in [1.82, 2.24) is 0 Å². The van der Waals surface area contributed by atoms with Crippen LogP contribution in [0.2, 0.25) is 0 Å². The molecule has 0 bridgehead atoms. The Morgan fingerprint density at radius 1 is 0.697 bits per heavy atom. The lowest BCUT2D eigenvalue weighted by atomic mass is 9.98. The van der Waals surface area contributed by atoms with Gasteiger partial charge in [0.15, 0.2) is 12.6 Å². The van der Waals surface area contributed by atoms with Crippen molar-refractivity contribution in [2.24, 2.45) is 0 Å². The molecule has 3 aliphatic heterocycles. The van der Waals surface area contributed by atoms with Gasteiger partial charge in [0.05, 0.1) is 19.3 Å². The number of hydrogen-bond acceptors (Lipinski definition) is 15. The van der Waals surface area contributed by atoms with E-state index in [1.54, 1.807) is 0 Å². The predicted octanol–water partition coefficient (Wildman–Crippen LogP) is -6.54. The second-order valence-electron chi connectivity index (χ2n) is 8.39. The third-order valence-corrected chi connectivity index (χ3v) is 6.12. The first-order chi connectivity index (χ1) is 15.5. The lowest BCUT2D eigenvalue weighted by Gasteiger charge is -2.44. The molecule has 15 heteroatoms. The molecule has 0 unspecified atom stereocenters. The molecular weight excluding hydrogens is 456 g/mol. The topological polar surface area (TPSA) is 248 Å². The van der Waals surface area contributed by atoms with Crippen LogP contribution >= 0.6 is 0 Å². The van der Waals surface area contributed by atoms with Gasteiger partial charge in [-0.3, -0.25) is 0 Å². The summed E-state index contributed by atoms with van der Waals surface area (Å²) in [6, 6.07) is 0. The zero-order chi connectivity index (χ0) is 24.7. The van der Waals surface area contributed by atoms with Crippen LogP contribution in [0.3, 0.4) is 0 Å². The smallest absolute Gasteiger partial charge is 0.223 e. The Balaban J connectivity index is 1.68. The Morgan fingerprint density at radius 2 is 1.24 bits per heavy atom. The minimum Gasteiger partial charge on any atom is -0.394 e. The molecule has 0 saturated carbocycles. The van der Waals surface area contributed by atoms with Crippen LogP contribution in [-0.4, -0.2) is 156 Å². The molecule has 15 nitrogen and oxygen atoms in total. The van der Waals surface area contributed by atoms with Gasteiger partial charge in [-0.2, -0.15) is 0 Å². The molecule has 14 atom stereocenters. The summed E-state index contributed by atoms with van der Waals surface area (Å²) in [6.07, 6.45) is -20.6. The van der Waals surface area contributed by atoms with E-state index in [1.807, 2.05) is 0 Å². The normalized spacial score (nSPS) is 53.4. The highest BCUT2D eigenvalue weighted by molar-refractivity contribution is 4.97. The number of ether oxygens (including phenoxy) is 5. The summed E-state index contributed by atoms with van der Waals surface area (Å²) >= 11 is 0. The van der Waals surface area contributed by atoms with Crippen LogP contribution in [0.4, 0.5) is 0 Å². The molecule has 3 heterocycles. The van der Waals surface area contributed by atoms with E-state index in [9.17, 15) is 51.1 Å². The van der Waals surface area contributed by atoms with E-state index in [1.165, 1.54) is 6.92 Å². The van der Waals surface area contributed by atoms with Gasteiger partial charge in [0.25, 0.3) is 0 Å². The third kappa shape index (κ3) is 5.04. The minimum atomic E-state index is -2.20. The number of hydrogen-bond donors (Lipinski definition) is 10. The van der Waals surface area contributed by atoms with Crippen molar-refractivity contribution >= 4 is 0 Å². The highest BCUT2D eigenvalue weighted by Gasteiger charge is 2.57. The minimum absolute atomic E-state index is 0.595. The molecule has 3 rings (SSSR count). The molecule has 3 aliphatic rings. The van der Waals surface area contributed by atoms with Crippen LogP contribution < -0.4 is 0 Å². The Labute approximate surface area is 187 Å². The Hall–Kier alpha value is -0.600. The molecule has 0 amide bonds. The van der Waals surface area contributed by atoms with Crippen molar-refractivity contribution in [2.45, 2.75) is 92.4 Å². The highest BCUT2D eigenvalue weighted by atomic mass is 16.8. The van der Waals surface area contributed by atoms with Gasteiger partial charge in [0.1, 0.15) is 67.6 Å². The maximum Gasteiger partial charge on any atom is 0.223 e. The summed E-state index contributed by atoms with van der Waals surface area (Å²) in [5.74, 6) is -2.20. The number of aliphatic hydroxyl groups excluding tert-OH is 10. The molecule has 0 aliphatic carbocycles. The molecule has 194 valence electrons. The van der Waals surface area contributed by atoms with E-state index < -0.39 is 105 Å². The van der Waals surface area contributed by atoms with E-state index in [0.29, 0.717) is 0 Å². The molecule has 0 aromatic rings. The van der Waals surface area contributed by atoms with Crippen LogP contribution in [-0.2, 0) is 23.7 Å². The monoisotopic (exact) mass is 488 g/mol. The van der Waals surface area contributed by atoms with Gasteiger partial charge < -0.3 is 74.7 Å². The molecule has 33 heavy (non-hydrogen) atoms. The van der Waals surface area contributed by atoms with Crippen LogP contribution in [0, 0.1) is 0 Å². The first-order valence-electron chi connectivity index (χ1n) is 10.4. The number of rotatable bonds is 7. The van der Waals surface area contributed by atoms with Crippen LogP contribution in [0.1, 0.15) is 6.92 Å². The SMILES string of the molecule is C[C@H]1O[C@@](CO)(O[C@H]2O[C@H](CO[C@H]3O[C@H](CO)[C@H](O)[C@H](O)[C@H]3O)[C@@H](O)[C@H](O)[C@H]2O)[C@@H](O)[C@@H]1O. The summed E-state index contributed by atoms with van der Waals surface area (Å²) in [4.78, 5) is 0. The second kappa shape index (κ2) is 10.6. The zero-order valence-electron chi connectivity index (χ0n) is 17.6. The maximum atomic E-state index is 10.3. The van der Waals surface area contributed by atoms with E-state index >= 15 is 0 Å². The van der Waals surface area contributed by atoms with Gasteiger partial charge in [-0.1, -0.05) is 0 Å². The molecule has 0 aromatic carbocycles. The van der Waals surface area contributed by atoms with Crippen molar-refractivity contribution in [2.75, 3.05) is 19.8 Å². The fourth-order valence-electron chi connectivity index (χ4n) is 3.98. The van der Waals surface area contributed by atoms with Crippen LogP contribution in [0.15, 0.2) is 0 Å². The molecule has 3 saturated heterocycles. The van der Waals surface area contributed by atoms with Crippen molar-refractivity contribution in [1.29, 1.82) is 0 Å². The Morgan fingerprint density at radius 3 is 1.76 bits per heavy atom. The third-order valence-electron chi connectivity index (χ3n) is 6.12. The van der Waals surface area contributed by atoms with E-state index in [4.69, 9.17) is 23.7 Å². The first-order valence-corrected chi connectivity index (χ1v) is 10.4. The summed E-state index contributed by atoms with van der Waals surface area (Å²) in [5.41, 5.74) is 0. The summed E-state index contributed by atoms with van der Waals surface area (Å²) in [7, 11) is 0. The maximum absolute atomic E-state index is 10.3. The van der Waals surface area contributed by atoms with Crippen molar-refractivity contribution < 1.29 is 74.7 Å². The summed E-state index contributed by atoms with van der Waals surface area (Å²) in [5, 5.41) is 99.6. The predicted molar refractivity (Wildman–Crippen MR) is 99.9 cm³/mol. The molecule has 0 spiro atoms. The van der Waals surface area contributed by atoms with E-state index in [0.717, 1.165) is 0 Å². The molecule has 3 fully saturated rings. The average Bonchev–Trinajstić information content (AvgIpc) is 3.01. The van der Waals surface area contributed by atoms with Crippen LogP contribution in [0.5, 0.6) is 0 Å². The largest absolute Gasteiger partial charge is 0.394 e. The zero-order valence-corrected chi connectivity index (χ0v) is 17.6. The summed E-state index contributed by atoms with van der Waals surface area (Å²) in [6.45, 7) is -0.832. The standard InChI is InChI=1S/C18H32O15/c1-5-8(21)15(28)18(4-20,32-5)33-17-14(27)12(25)10(23)7(31-17)3-29-16-13(26)11(24)9(22)6(2-19)30-16/h5-17,19-28H,2-4H2,1H3/t5-,6-,7-,8-,9+,10-,11+,12+,13-,14-,15+,16+,17-,18+/m1/s1. The average molecular weight is 488 g/mol. The van der Waals surface area contributed by atoms with Crippen molar-refractivity contribution in [3.05, 3.63) is 0 Å². The number of aliphatic hydroxyl groups is 10. The van der Waals surface area contributed by atoms with Gasteiger partial charge in [-0.05, 0) is 6.92 Å². The fraction of sp³-hybridized carbons (Fsp3) is 1.00. The van der Waals surface area contributed by atoms with Crippen molar-refractivity contribution in [3.8, 4) is 0 Å². The van der Waals surface area contributed by atoms with Crippen LogP contribution in [0.25, 0.3) is 0 Å². The first kappa shape index (κ1) is 27.0. The van der Waals surface area contributed by atoms with Gasteiger partial charge in [0.2, 0.25) is 5.79 Å². The second-order valence-corrected chi connectivity index (χ2v) is 8.39. The fourth-order valence-corrected chi connectivity index (χ4v) is 3.98. The van der Waals surface area contributed by atoms with Gasteiger partial charge in [0, 0.05) is 0 Å². The van der Waals surface area contributed by atoms with Gasteiger partial charge >= 0.3 is 0 Å². The lowest BCUT2D eigenvalue weighted by molar-refractivity contribution is -0.387. The summed E-state index contributed by atoms with van der Waals surface area (Å²) < 4.78 is 26.7.